The predicted octanol–water partition coefficient (Wildman–Crippen LogP) is 23.6. The molecule has 0 aromatic heterocycles. The maximum Gasteiger partial charge on any atom is 0.306 e. The standard InChI is InChI=1S/C71H132O6/c1-4-7-10-13-16-19-22-25-28-31-33-34-35-36-38-40-43-46-49-52-55-58-61-64-70(73)76-67-68(66-75-69(72)63-60-57-54-51-48-45-42-39-30-27-24-21-18-15-12-9-6-3)77-71(74)65-62-59-56-53-50-47-44-41-37-32-29-26-23-20-17-14-11-8-5-2/h22,25,27,30-31,33,68H,4-21,23-24,26,28-29,32,34-67H2,1-3H3/b25-22-,30-27-,33-31-. The molecule has 6 nitrogen and oxygen atoms in total. The van der Waals surface area contributed by atoms with Crippen LogP contribution in [0.5, 0.6) is 0 Å². The highest BCUT2D eigenvalue weighted by molar-refractivity contribution is 5.71. The average molecular weight is 1080 g/mol. The van der Waals surface area contributed by atoms with Crippen LogP contribution >= 0.6 is 0 Å². The van der Waals surface area contributed by atoms with Crippen molar-refractivity contribution in [2.45, 2.75) is 386 Å². The summed E-state index contributed by atoms with van der Waals surface area (Å²) in [6, 6.07) is 0. The molecule has 0 spiro atoms. The van der Waals surface area contributed by atoms with Gasteiger partial charge < -0.3 is 14.2 Å². The first kappa shape index (κ1) is 74.6. The highest BCUT2D eigenvalue weighted by Gasteiger charge is 2.19. The van der Waals surface area contributed by atoms with E-state index in [1.807, 2.05) is 0 Å². The summed E-state index contributed by atoms with van der Waals surface area (Å²) >= 11 is 0. The normalized spacial score (nSPS) is 12.2. The van der Waals surface area contributed by atoms with E-state index in [0.29, 0.717) is 19.3 Å². The molecular weight excluding hydrogens is 949 g/mol. The molecule has 0 radical (unpaired) electrons. The van der Waals surface area contributed by atoms with Crippen molar-refractivity contribution in [3.8, 4) is 0 Å². The van der Waals surface area contributed by atoms with Gasteiger partial charge in [-0.15, -0.1) is 0 Å². The number of esters is 3. The second kappa shape index (κ2) is 66.1. The summed E-state index contributed by atoms with van der Waals surface area (Å²) in [5.41, 5.74) is 0. The Kier molecular flexibility index (Phi) is 64.1. The number of hydrogen-bond donors (Lipinski definition) is 0. The summed E-state index contributed by atoms with van der Waals surface area (Å²) < 4.78 is 17.0. The molecule has 1 unspecified atom stereocenters. The van der Waals surface area contributed by atoms with Gasteiger partial charge in [-0.25, -0.2) is 0 Å². The van der Waals surface area contributed by atoms with Crippen molar-refractivity contribution in [2.24, 2.45) is 0 Å². The maximum absolute atomic E-state index is 12.9. The minimum Gasteiger partial charge on any atom is -0.462 e. The fraction of sp³-hybridized carbons (Fsp3) is 0.873. The molecule has 0 fully saturated rings. The second-order valence-electron chi connectivity index (χ2n) is 23.4. The Morgan fingerprint density at radius 3 is 0.727 bits per heavy atom. The molecular formula is C71H132O6. The van der Waals surface area contributed by atoms with Crippen LogP contribution in [0.3, 0.4) is 0 Å². The number of unbranched alkanes of at least 4 members (excludes halogenated alkanes) is 47. The quantitative estimate of drug-likeness (QED) is 0.0261. The second-order valence-corrected chi connectivity index (χ2v) is 23.4. The van der Waals surface area contributed by atoms with Crippen molar-refractivity contribution in [3.05, 3.63) is 36.5 Å². The van der Waals surface area contributed by atoms with Gasteiger partial charge in [0, 0.05) is 19.3 Å². The molecule has 0 rings (SSSR count). The van der Waals surface area contributed by atoms with E-state index in [-0.39, 0.29) is 31.1 Å². The van der Waals surface area contributed by atoms with Crippen LogP contribution in [0.1, 0.15) is 380 Å². The zero-order valence-electron chi connectivity index (χ0n) is 52.0. The van der Waals surface area contributed by atoms with Crippen LogP contribution in [-0.4, -0.2) is 37.2 Å². The third-order valence-electron chi connectivity index (χ3n) is 15.6. The van der Waals surface area contributed by atoms with Crippen molar-refractivity contribution in [1.29, 1.82) is 0 Å². The van der Waals surface area contributed by atoms with Gasteiger partial charge in [0.15, 0.2) is 6.10 Å². The van der Waals surface area contributed by atoms with E-state index in [0.717, 1.165) is 64.2 Å². The summed E-state index contributed by atoms with van der Waals surface area (Å²) in [6.07, 6.45) is 81.6. The summed E-state index contributed by atoms with van der Waals surface area (Å²) in [5, 5.41) is 0. The first-order valence-electron chi connectivity index (χ1n) is 34.5. The minimum absolute atomic E-state index is 0.0698. The number of allylic oxidation sites excluding steroid dienone is 6. The van der Waals surface area contributed by atoms with Gasteiger partial charge in [-0.3, -0.25) is 14.4 Å². The van der Waals surface area contributed by atoms with Gasteiger partial charge in [-0.05, 0) is 77.0 Å². The molecule has 77 heavy (non-hydrogen) atoms. The summed E-state index contributed by atoms with van der Waals surface area (Å²) in [7, 11) is 0. The number of carbonyl (C=O) groups is 3. The third-order valence-corrected chi connectivity index (χ3v) is 15.6. The lowest BCUT2D eigenvalue weighted by molar-refractivity contribution is -0.167. The lowest BCUT2D eigenvalue weighted by Gasteiger charge is -2.18. The Balaban J connectivity index is 4.31. The SMILES string of the molecule is CCCCCCC/C=C\C/C=C\CCCCCCCCCCCCCC(=O)OCC(COC(=O)CCCCCCCCC/C=C\CCCCCCCC)OC(=O)CCCCCCCCCCCCCCCCCCCCC. The predicted molar refractivity (Wildman–Crippen MR) is 335 cm³/mol. The van der Waals surface area contributed by atoms with Gasteiger partial charge in [0.25, 0.3) is 0 Å². The third kappa shape index (κ3) is 64.3. The molecule has 0 bridgehead atoms. The van der Waals surface area contributed by atoms with Crippen LogP contribution in [-0.2, 0) is 28.6 Å². The van der Waals surface area contributed by atoms with Crippen LogP contribution in [0, 0.1) is 0 Å². The molecule has 1 atom stereocenters. The molecule has 452 valence electrons. The topological polar surface area (TPSA) is 78.9 Å². The van der Waals surface area contributed by atoms with E-state index in [1.54, 1.807) is 0 Å². The van der Waals surface area contributed by atoms with Gasteiger partial charge in [0.2, 0.25) is 0 Å². The number of ether oxygens (including phenoxy) is 3. The monoisotopic (exact) mass is 1080 g/mol. The molecule has 0 aliphatic carbocycles. The van der Waals surface area contributed by atoms with Crippen molar-refractivity contribution >= 4 is 17.9 Å². The Morgan fingerprint density at radius 2 is 0.468 bits per heavy atom. The largest absolute Gasteiger partial charge is 0.462 e. The summed E-state index contributed by atoms with van der Waals surface area (Å²) in [5.74, 6) is -0.847. The maximum atomic E-state index is 12.9. The number of hydrogen-bond acceptors (Lipinski definition) is 6. The van der Waals surface area contributed by atoms with Crippen molar-refractivity contribution in [2.75, 3.05) is 13.2 Å². The van der Waals surface area contributed by atoms with Crippen LogP contribution < -0.4 is 0 Å². The van der Waals surface area contributed by atoms with Crippen LogP contribution in [0.25, 0.3) is 0 Å². The molecule has 0 aliphatic rings. The molecule has 0 saturated heterocycles. The minimum atomic E-state index is -0.773. The van der Waals surface area contributed by atoms with E-state index >= 15 is 0 Å². The van der Waals surface area contributed by atoms with Crippen molar-refractivity contribution in [3.63, 3.8) is 0 Å². The molecule has 0 amide bonds. The highest BCUT2D eigenvalue weighted by Crippen LogP contribution is 2.18. The Labute approximate surface area is 480 Å². The van der Waals surface area contributed by atoms with Gasteiger partial charge >= 0.3 is 17.9 Å². The fourth-order valence-electron chi connectivity index (χ4n) is 10.4. The molecule has 0 aromatic rings. The Morgan fingerprint density at radius 1 is 0.260 bits per heavy atom. The van der Waals surface area contributed by atoms with Crippen molar-refractivity contribution in [1.82, 2.24) is 0 Å². The average Bonchev–Trinajstić information content (AvgIpc) is 3.43. The fourth-order valence-corrected chi connectivity index (χ4v) is 10.4. The van der Waals surface area contributed by atoms with Crippen molar-refractivity contribution < 1.29 is 28.6 Å². The molecule has 0 N–H and O–H groups in total. The van der Waals surface area contributed by atoms with E-state index in [4.69, 9.17) is 14.2 Å². The zero-order valence-corrected chi connectivity index (χ0v) is 52.0. The molecule has 0 saturated carbocycles. The van der Waals surface area contributed by atoms with Crippen LogP contribution in [0.2, 0.25) is 0 Å². The van der Waals surface area contributed by atoms with E-state index < -0.39 is 6.10 Å². The molecule has 0 heterocycles. The Hall–Kier alpha value is -2.37. The van der Waals surface area contributed by atoms with E-state index in [2.05, 4.69) is 57.2 Å². The highest BCUT2D eigenvalue weighted by atomic mass is 16.6. The summed E-state index contributed by atoms with van der Waals surface area (Å²) in [6.45, 7) is 6.69. The zero-order chi connectivity index (χ0) is 55.7. The summed E-state index contributed by atoms with van der Waals surface area (Å²) in [4.78, 5) is 38.4. The van der Waals surface area contributed by atoms with Crippen LogP contribution in [0.15, 0.2) is 36.5 Å². The number of rotatable bonds is 64. The van der Waals surface area contributed by atoms with Gasteiger partial charge in [-0.2, -0.15) is 0 Å². The van der Waals surface area contributed by atoms with Gasteiger partial charge in [0.1, 0.15) is 13.2 Å². The molecule has 0 aromatic carbocycles. The van der Waals surface area contributed by atoms with Gasteiger partial charge in [0.05, 0.1) is 0 Å². The lowest BCUT2D eigenvalue weighted by Crippen LogP contribution is -2.30. The van der Waals surface area contributed by atoms with Gasteiger partial charge in [-0.1, -0.05) is 320 Å². The van der Waals surface area contributed by atoms with E-state index in [9.17, 15) is 14.4 Å². The molecule has 6 heteroatoms. The Bertz CT molecular complexity index is 1290. The first-order chi connectivity index (χ1) is 38.0. The molecule has 0 aliphatic heterocycles. The van der Waals surface area contributed by atoms with Crippen LogP contribution in [0.4, 0.5) is 0 Å². The first-order valence-corrected chi connectivity index (χ1v) is 34.5. The lowest BCUT2D eigenvalue weighted by atomic mass is 10.0. The van der Waals surface area contributed by atoms with E-state index in [1.165, 1.54) is 276 Å². The number of carbonyl (C=O) groups excluding carboxylic acids is 3. The smallest absolute Gasteiger partial charge is 0.306 e.